The first kappa shape index (κ1) is 12.9. The summed E-state index contributed by atoms with van der Waals surface area (Å²) in [5.74, 6) is 1.22. The van der Waals surface area contributed by atoms with Gasteiger partial charge in [-0.1, -0.05) is 32.1 Å². The number of hydrogen-bond donors (Lipinski definition) is 1. The van der Waals surface area contributed by atoms with Crippen LogP contribution < -0.4 is 5.32 Å². The molecule has 3 nitrogen and oxygen atoms in total. The number of nitrogens with zero attached hydrogens (tertiary/aromatic N) is 1. The molecule has 0 bridgehead atoms. The van der Waals surface area contributed by atoms with E-state index in [1.807, 2.05) is 0 Å². The monoisotopic (exact) mass is 238 g/mol. The molecule has 0 unspecified atom stereocenters. The molecule has 0 aromatic rings. The topological polar surface area (TPSA) is 32.3 Å². The van der Waals surface area contributed by atoms with Gasteiger partial charge in [0, 0.05) is 26.1 Å². The van der Waals surface area contributed by atoms with Crippen molar-refractivity contribution in [1.29, 1.82) is 0 Å². The number of rotatable bonds is 3. The lowest BCUT2D eigenvalue weighted by Gasteiger charge is -2.24. The van der Waals surface area contributed by atoms with Crippen LogP contribution >= 0.6 is 0 Å². The quantitative estimate of drug-likeness (QED) is 0.817. The standard InChI is InChI=1S/C14H26N2O/c17-14(16-11-4-9-15-10-12-16)8-7-13-5-2-1-3-6-13/h13,15H,1-12H2. The molecule has 0 atom stereocenters. The summed E-state index contributed by atoms with van der Waals surface area (Å²) in [6.45, 7) is 3.89. The van der Waals surface area contributed by atoms with E-state index in [0.29, 0.717) is 5.91 Å². The van der Waals surface area contributed by atoms with E-state index >= 15 is 0 Å². The second-order valence-electron chi connectivity index (χ2n) is 5.53. The number of nitrogens with one attached hydrogen (secondary N) is 1. The Morgan fingerprint density at radius 1 is 1.06 bits per heavy atom. The Morgan fingerprint density at radius 2 is 1.88 bits per heavy atom. The molecule has 98 valence electrons. The Morgan fingerprint density at radius 3 is 2.71 bits per heavy atom. The highest BCUT2D eigenvalue weighted by atomic mass is 16.2. The molecular formula is C14H26N2O. The van der Waals surface area contributed by atoms with Gasteiger partial charge < -0.3 is 10.2 Å². The Kier molecular flexibility index (Phi) is 5.30. The van der Waals surface area contributed by atoms with Crippen LogP contribution in [0.15, 0.2) is 0 Å². The average Bonchev–Trinajstić information content (AvgIpc) is 2.66. The van der Waals surface area contributed by atoms with Crippen molar-refractivity contribution in [1.82, 2.24) is 10.2 Å². The summed E-state index contributed by atoms with van der Waals surface area (Å²) in [5.41, 5.74) is 0. The van der Waals surface area contributed by atoms with Crippen molar-refractivity contribution in [3.8, 4) is 0 Å². The minimum absolute atomic E-state index is 0.388. The van der Waals surface area contributed by atoms with Gasteiger partial charge in [0.05, 0.1) is 0 Å². The molecule has 1 aliphatic heterocycles. The van der Waals surface area contributed by atoms with Crippen LogP contribution in [-0.2, 0) is 4.79 Å². The van der Waals surface area contributed by atoms with Crippen molar-refractivity contribution < 1.29 is 4.79 Å². The van der Waals surface area contributed by atoms with Crippen LogP contribution in [0.5, 0.6) is 0 Å². The predicted molar refractivity (Wildman–Crippen MR) is 69.9 cm³/mol. The van der Waals surface area contributed by atoms with E-state index in [0.717, 1.165) is 51.4 Å². The highest BCUT2D eigenvalue weighted by molar-refractivity contribution is 5.76. The molecule has 2 fully saturated rings. The van der Waals surface area contributed by atoms with Gasteiger partial charge in [-0.3, -0.25) is 4.79 Å². The molecule has 0 aromatic heterocycles. The van der Waals surface area contributed by atoms with Gasteiger partial charge in [0.15, 0.2) is 0 Å². The zero-order chi connectivity index (χ0) is 11.9. The van der Waals surface area contributed by atoms with Crippen molar-refractivity contribution in [2.45, 2.75) is 51.4 Å². The molecule has 1 aliphatic carbocycles. The van der Waals surface area contributed by atoms with Crippen LogP contribution in [0, 0.1) is 5.92 Å². The van der Waals surface area contributed by atoms with E-state index in [1.54, 1.807) is 0 Å². The highest BCUT2D eigenvalue weighted by Gasteiger charge is 2.18. The average molecular weight is 238 g/mol. The maximum Gasteiger partial charge on any atom is 0.222 e. The molecule has 0 spiro atoms. The molecule has 1 N–H and O–H groups in total. The number of carbonyl (C=O) groups is 1. The van der Waals surface area contributed by atoms with E-state index in [9.17, 15) is 4.79 Å². The van der Waals surface area contributed by atoms with Gasteiger partial charge in [-0.25, -0.2) is 0 Å². The first-order valence-electron chi connectivity index (χ1n) is 7.35. The SMILES string of the molecule is O=C(CCC1CCCCC1)N1CCCNCC1. The first-order chi connectivity index (χ1) is 8.36. The minimum atomic E-state index is 0.388. The Bertz CT molecular complexity index is 228. The Hall–Kier alpha value is -0.570. The number of hydrogen-bond acceptors (Lipinski definition) is 2. The van der Waals surface area contributed by atoms with Crippen LogP contribution in [0.1, 0.15) is 51.4 Å². The Labute approximate surface area is 105 Å². The third-order valence-corrected chi connectivity index (χ3v) is 4.18. The number of amides is 1. The summed E-state index contributed by atoms with van der Waals surface area (Å²) in [5, 5.41) is 3.34. The van der Waals surface area contributed by atoms with Crippen molar-refractivity contribution in [3.05, 3.63) is 0 Å². The van der Waals surface area contributed by atoms with Crippen LogP contribution in [0.2, 0.25) is 0 Å². The summed E-state index contributed by atoms with van der Waals surface area (Å²) in [6.07, 6.45) is 9.90. The Balaban J connectivity index is 1.68. The fourth-order valence-electron chi connectivity index (χ4n) is 3.06. The van der Waals surface area contributed by atoms with Gasteiger partial charge in [-0.15, -0.1) is 0 Å². The third-order valence-electron chi connectivity index (χ3n) is 4.18. The van der Waals surface area contributed by atoms with Crippen molar-refractivity contribution in [3.63, 3.8) is 0 Å². The molecule has 0 aromatic carbocycles. The molecule has 0 radical (unpaired) electrons. The van der Waals surface area contributed by atoms with Gasteiger partial charge in [0.25, 0.3) is 0 Å². The molecule has 2 rings (SSSR count). The van der Waals surface area contributed by atoms with Crippen molar-refractivity contribution >= 4 is 5.91 Å². The molecule has 3 heteroatoms. The molecule has 1 saturated carbocycles. The van der Waals surface area contributed by atoms with Gasteiger partial charge in [0.1, 0.15) is 0 Å². The van der Waals surface area contributed by atoms with Crippen molar-refractivity contribution in [2.24, 2.45) is 5.92 Å². The van der Waals surface area contributed by atoms with E-state index < -0.39 is 0 Å². The normalized spacial score (nSPS) is 23.4. The van der Waals surface area contributed by atoms with Crippen LogP contribution in [0.3, 0.4) is 0 Å². The van der Waals surface area contributed by atoms with Crippen LogP contribution in [0.4, 0.5) is 0 Å². The smallest absolute Gasteiger partial charge is 0.222 e. The first-order valence-corrected chi connectivity index (χ1v) is 7.35. The lowest BCUT2D eigenvalue weighted by atomic mass is 9.86. The molecule has 1 saturated heterocycles. The zero-order valence-electron chi connectivity index (χ0n) is 10.9. The van der Waals surface area contributed by atoms with Crippen molar-refractivity contribution in [2.75, 3.05) is 26.2 Å². The van der Waals surface area contributed by atoms with Gasteiger partial charge in [-0.05, 0) is 25.3 Å². The van der Waals surface area contributed by atoms with E-state index in [-0.39, 0.29) is 0 Å². The predicted octanol–water partition coefficient (Wildman–Crippen LogP) is 2.17. The maximum atomic E-state index is 12.1. The fourth-order valence-corrected chi connectivity index (χ4v) is 3.06. The van der Waals surface area contributed by atoms with Crippen LogP contribution in [-0.4, -0.2) is 37.0 Å². The van der Waals surface area contributed by atoms with E-state index in [2.05, 4.69) is 10.2 Å². The van der Waals surface area contributed by atoms with Gasteiger partial charge >= 0.3 is 0 Å². The summed E-state index contributed by atoms with van der Waals surface area (Å²) in [6, 6.07) is 0. The second kappa shape index (κ2) is 7.00. The van der Waals surface area contributed by atoms with Gasteiger partial charge in [0.2, 0.25) is 5.91 Å². The lowest BCUT2D eigenvalue weighted by Crippen LogP contribution is -2.34. The second-order valence-corrected chi connectivity index (χ2v) is 5.53. The molecular weight excluding hydrogens is 212 g/mol. The summed E-state index contributed by atoms with van der Waals surface area (Å²) in [7, 11) is 0. The summed E-state index contributed by atoms with van der Waals surface area (Å²) in [4.78, 5) is 14.2. The number of carbonyl (C=O) groups excluding carboxylic acids is 1. The molecule has 1 amide bonds. The largest absolute Gasteiger partial charge is 0.341 e. The van der Waals surface area contributed by atoms with Crippen LogP contribution in [0.25, 0.3) is 0 Å². The molecule has 2 aliphatic rings. The molecule has 17 heavy (non-hydrogen) atoms. The minimum Gasteiger partial charge on any atom is -0.341 e. The highest BCUT2D eigenvalue weighted by Crippen LogP contribution is 2.27. The zero-order valence-corrected chi connectivity index (χ0v) is 10.9. The maximum absolute atomic E-state index is 12.1. The van der Waals surface area contributed by atoms with Gasteiger partial charge in [-0.2, -0.15) is 0 Å². The summed E-state index contributed by atoms with van der Waals surface area (Å²) >= 11 is 0. The molecule has 1 heterocycles. The fraction of sp³-hybridized carbons (Fsp3) is 0.929. The third kappa shape index (κ3) is 4.30. The van der Waals surface area contributed by atoms with E-state index in [1.165, 1.54) is 32.1 Å². The summed E-state index contributed by atoms with van der Waals surface area (Å²) < 4.78 is 0. The lowest BCUT2D eigenvalue weighted by molar-refractivity contribution is -0.131. The van der Waals surface area contributed by atoms with E-state index in [4.69, 9.17) is 0 Å².